The summed E-state index contributed by atoms with van der Waals surface area (Å²) in [5, 5.41) is 7.57. The highest BCUT2D eigenvalue weighted by Gasteiger charge is 2.28. The molecule has 1 aliphatic rings. The van der Waals surface area contributed by atoms with Crippen LogP contribution in [0.4, 0.5) is 15.9 Å². The minimum Gasteiger partial charge on any atom is -0.373 e. The zero-order valence-corrected chi connectivity index (χ0v) is 18.3. The average molecular weight is 445 g/mol. The molecule has 1 saturated heterocycles. The first-order chi connectivity index (χ1) is 14.9. The van der Waals surface area contributed by atoms with Gasteiger partial charge in [0.1, 0.15) is 29.7 Å². The number of halogens is 2. The predicted molar refractivity (Wildman–Crippen MR) is 121 cm³/mol. The highest BCUT2D eigenvalue weighted by molar-refractivity contribution is 6.30. The van der Waals surface area contributed by atoms with Crippen molar-refractivity contribution in [3.8, 4) is 0 Å². The number of anilines is 2. The fourth-order valence-corrected chi connectivity index (χ4v) is 4.26. The van der Waals surface area contributed by atoms with E-state index in [1.54, 1.807) is 12.4 Å². The summed E-state index contributed by atoms with van der Waals surface area (Å²) in [5.41, 5.74) is 1.29. The van der Waals surface area contributed by atoms with Crippen LogP contribution in [0.2, 0.25) is 5.02 Å². The number of nitrogens with one attached hydrogen (secondary N) is 3. The van der Waals surface area contributed by atoms with Crippen LogP contribution in [0.5, 0.6) is 0 Å². The zero-order chi connectivity index (χ0) is 22.0. The third-order valence-corrected chi connectivity index (χ3v) is 5.75. The van der Waals surface area contributed by atoms with Gasteiger partial charge in [0, 0.05) is 36.0 Å². The van der Waals surface area contributed by atoms with E-state index < -0.39 is 11.9 Å². The molecule has 1 fully saturated rings. The van der Waals surface area contributed by atoms with E-state index >= 15 is 0 Å². The van der Waals surface area contributed by atoms with Crippen molar-refractivity contribution < 1.29 is 9.18 Å². The average Bonchev–Trinajstić information content (AvgIpc) is 3.20. The summed E-state index contributed by atoms with van der Waals surface area (Å²) >= 11 is 5.96. The van der Waals surface area contributed by atoms with Crippen molar-refractivity contribution in [3.63, 3.8) is 0 Å². The monoisotopic (exact) mass is 444 g/mol. The summed E-state index contributed by atoms with van der Waals surface area (Å²) in [6, 6.07) is 5.65. The van der Waals surface area contributed by atoms with E-state index in [-0.39, 0.29) is 22.9 Å². The van der Waals surface area contributed by atoms with E-state index in [0.29, 0.717) is 12.2 Å². The topological polar surface area (TPSA) is 85.9 Å². The van der Waals surface area contributed by atoms with Crippen molar-refractivity contribution in [1.29, 1.82) is 0 Å². The number of nitrogens with zero attached hydrogens (tertiary/aromatic N) is 3. The van der Waals surface area contributed by atoms with Gasteiger partial charge in [0.25, 0.3) is 0 Å². The Morgan fingerprint density at radius 3 is 2.94 bits per heavy atom. The van der Waals surface area contributed by atoms with Crippen LogP contribution in [0, 0.1) is 11.7 Å². The maximum atomic E-state index is 13.7. The Labute approximate surface area is 185 Å². The largest absolute Gasteiger partial charge is 0.373 e. The molecule has 0 unspecified atom stereocenters. The molecule has 3 heterocycles. The van der Waals surface area contributed by atoms with Gasteiger partial charge in [-0.05, 0) is 43.0 Å². The Bertz CT molecular complexity index is 1050. The van der Waals surface area contributed by atoms with Gasteiger partial charge in [0.15, 0.2) is 0 Å². The number of aromatic amines is 1. The summed E-state index contributed by atoms with van der Waals surface area (Å²) in [5.74, 6) is 0.319. The highest BCUT2D eigenvalue weighted by Crippen LogP contribution is 2.25. The third-order valence-electron chi connectivity index (χ3n) is 5.53. The molecule has 0 saturated carbocycles. The Morgan fingerprint density at radius 1 is 1.32 bits per heavy atom. The smallest absolute Gasteiger partial charge is 0.243 e. The van der Waals surface area contributed by atoms with Crippen LogP contribution in [0.3, 0.4) is 0 Å². The van der Waals surface area contributed by atoms with Crippen molar-refractivity contribution in [3.05, 3.63) is 47.6 Å². The molecule has 0 bridgehead atoms. The number of hydrogen-bond acceptors (Lipinski definition) is 5. The second-order valence-electron chi connectivity index (χ2n) is 8.26. The molecule has 2 aromatic heterocycles. The number of benzene rings is 1. The number of amides is 1. The van der Waals surface area contributed by atoms with E-state index in [2.05, 4.69) is 30.5 Å². The molecular formula is C22H26ClFN6O. The molecule has 4 rings (SSSR count). The van der Waals surface area contributed by atoms with Gasteiger partial charge < -0.3 is 20.5 Å². The Balaban J connectivity index is 1.45. The maximum absolute atomic E-state index is 13.7. The first-order valence-corrected chi connectivity index (χ1v) is 10.8. The number of aromatic nitrogens is 3. The predicted octanol–water partition coefficient (Wildman–Crippen LogP) is 3.97. The fourth-order valence-electron chi connectivity index (χ4n) is 4.04. The summed E-state index contributed by atoms with van der Waals surface area (Å²) in [7, 11) is 0. The lowest BCUT2D eigenvalue weighted by Crippen LogP contribution is -2.52. The lowest BCUT2D eigenvalue weighted by molar-refractivity contribution is -0.123. The molecular weight excluding hydrogens is 419 g/mol. The number of fused-ring (bicyclic) bond motifs is 1. The molecule has 2 atom stereocenters. The molecule has 164 valence electrons. The van der Waals surface area contributed by atoms with E-state index in [0.717, 1.165) is 36.2 Å². The van der Waals surface area contributed by atoms with Gasteiger partial charge in [-0.3, -0.25) is 4.79 Å². The first kappa shape index (κ1) is 21.4. The van der Waals surface area contributed by atoms with Gasteiger partial charge in [-0.25, -0.2) is 14.4 Å². The Hall–Kier alpha value is -2.87. The number of rotatable bonds is 6. The molecule has 7 nitrogen and oxygen atoms in total. The first-order valence-electron chi connectivity index (χ1n) is 10.5. The molecule has 31 heavy (non-hydrogen) atoms. The quantitative estimate of drug-likeness (QED) is 0.535. The number of hydrogen-bond donors (Lipinski definition) is 3. The SMILES string of the molecule is CC(C)[C@@H](Nc1cc(F)cc(Cl)c1)C(=O)N[C@@H]1CCCN(c2ncnc3[nH]ccc23)C1. The molecule has 1 aromatic carbocycles. The van der Waals surface area contributed by atoms with Crippen LogP contribution in [0.25, 0.3) is 11.0 Å². The van der Waals surface area contributed by atoms with Crippen molar-refractivity contribution in [2.24, 2.45) is 5.92 Å². The van der Waals surface area contributed by atoms with Gasteiger partial charge in [-0.2, -0.15) is 0 Å². The van der Waals surface area contributed by atoms with Crippen LogP contribution in [-0.2, 0) is 4.79 Å². The normalized spacial score (nSPS) is 17.7. The zero-order valence-electron chi connectivity index (χ0n) is 17.5. The van der Waals surface area contributed by atoms with Crippen LogP contribution in [-0.4, -0.2) is 46.0 Å². The summed E-state index contributed by atoms with van der Waals surface area (Å²) in [6.07, 6.45) is 5.24. The lowest BCUT2D eigenvalue weighted by Gasteiger charge is -2.35. The molecule has 0 spiro atoms. The van der Waals surface area contributed by atoms with Crippen LogP contribution in [0.1, 0.15) is 26.7 Å². The molecule has 1 amide bonds. The minimum atomic E-state index is -0.510. The van der Waals surface area contributed by atoms with Crippen molar-refractivity contribution >= 4 is 40.0 Å². The number of carbonyl (C=O) groups excluding carboxylic acids is 1. The lowest BCUT2D eigenvalue weighted by atomic mass is 10.0. The van der Waals surface area contributed by atoms with Gasteiger partial charge in [-0.1, -0.05) is 25.4 Å². The maximum Gasteiger partial charge on any atom is 0.243 e. The summed E-state index contributed by atoms with van der Waals surface area (Å²) in [4.78, 5) is 27.1. The van der Waals surface area contributed by atoms with Gasteiger partial charge in [0.05, 0.1) is 5.39 Å². The van der Waals surface area contributed by atoms with Crippen molar-refractivity contribution in [2.75, 3.05) is 23.3 Å². The van der Waals surface area contributed by atoms with E-state index in [9.17, 15) is 9.18 Å². The number of carbonyl (C=O) groups is 1. The van der Waals surface area contributed by atoms with E-state index in [1.165, 1.54) is 12.1 Å². The van der Waals surface area contributed by atoms with Crippen molar-refractivity contribution in [2.45, 2.75) is 38.8 Å². The molecule has 9 heteroatoms. The Morgan fingerprint density at radius 2 is 2.16 bits per heavy atom. The summed E-state index contributed by atoms with van der Waals surface area (Å²) in [6.45, 7) is 5.45. The molecule has 0 aliphatic carbocycles. The standard InChI is InChI=1S/C22H26ClFN6O/c1-13(2)19(28-17-9-14(23)8-15(24)10-17)22(31)29-16-4-3-7-30(11-16)21-18-5-6-25-20(18)26-12-27-21/h5-6,8-10,12-13,16,19,28H,3-4,7,11H2,1-2H3,(H,29,31)(H,25,26,27)/t16-,19-/m1/s1. The molecule has 3 N–H and O–H groups in total. The number of H-pyrrole nitrogens is 1. The molecule has 1 aliphatic heterocycles. The second kappa shape index (κ2) is 9.09. The number of piperidine rings is 1. The van der Waals surface area contributed by atoms with E-state index in [1.807, 2.05) is 26.1 Å². The second-order valence-corrected chi connectivity index (χ2v) is 8.69. The van der Waals surface area contributed by atoms with Gasteiger partial charge >= 0.3 is 0 Å². The highest BCUT2D eigenvalue weighted by atomic mass is 35.5. The van der Waals surface area contributed by atoms with Crippen molar-refractivity contribution in [1.82, 2.24) is 20.3 Å². The molecule has 0 radical (unpaired) electrons. The third kappa shape index (κ3) is 4.90. The van der Waals surface area contributed by atoms with Gasteiger partial charge in [-0.15, -0.1) is 0 Å². The summed E-state index contributed by atoms with van der Waals surface area (Å²) < 4.78 is 13.7. The minimum absolute atomic E-state index is 0.00285. The van der Waals surface area contributed by atoms with Crippen LogP contribution >= 0.6 is 11.6 Å². The van der Waals surface area contributed by atoms with Crippen LogP contribution in [0.15, 0.2) is 36.8 Å². The van der Waals surface area contributed by atoms with Gasteiger partial charge in [0.2, 0.25) is 5.91 Å². The Kier molecular flexibility index (Phi) is 6.27. The van der Waals surface area contributed by atoms with Crippen LogP contribution < -0.4 is 15.5 Å². The van der Waals surface area contributed by atoms with E-state index in [4.69, 9.17) is 11.6 Å². The fraction of sp³-hybridized carbons (Fsp3) is 0.409. The molecule has 3 aromatic rings.